The second kappa shape index (κ2) is 6.06. The van der Waals surface area contributed by atoms with E-state index < -0.39 is 25.5 Å². The highest BCUT2D eigenvalue weighted by atomic mass is 31.2. The van der Waals surface area contributed by atoms with Crippen molar-refractivity contribution in [2.75, 3.05) is 27.9 Å². The van der Waals surface area contributed by atoms with Gasteiger partial charge in [-0.1, -0.05) is 5.11 Å². The number of amides is 1. The van der Waals surface area contributed by atoms with Crippen LogP contribution in [0.1, 0.15) is 6.42 Å². The molecule has 2 atom stereocenters. The smallest absolute Gasteiger partial charge is 0.410 e. The van der Waals surface area contributed by atoms with Crippen LogP contribution in [0.3, 0.4) is 0 Å². The molecule has 1 fully saturated rings. The van der Waals surface area contributed by atoms with Crippen LogP contribution < -0.4 is 0 Å². The van der Waals surface area contributed by atoms with E-state index in [0.29, 0.717) is 0 Å². The molecule has 1 amide bonds. The van der Waals surface area contributed by atoms with E-state index in [9.17, 15) is 9.36 Å². The van der Waals surface area contributed by atoms with Crippen molar-refractivity contribution in [3.8, 4) is 0 Å². The van der Waals surface area contributed by atoms with Crippen LogP contribution in [0.15, 0.2) is 5.11 Å². The molecule has 0 saturated carbocycles. The Morgan fingerprint density at radius 2 is 2.06 bits per heavy atom. The highest BCUT2D eigenvalue weighted by Crippen LogP contribution is 2.56. The maximum absolute atomic E-state index is 12.3. The van der Waals surface area contributed by atoms with Gasteiger partial charge in [-0.2, -0.15) is 0 Å². The van der Waals surface area contributed by atoms with E-state index >= 15 is 0 Å². The molecule has 0 unspecified atom stereocenters. The minimum Gasteiger partial charge on any atom is -0.453 e. The van der Waals surface area contributed by atoms with Crippen molar-refractivity contribution in [3.63, 3.8) is 0 Å². The van der Waals surface area contributed by atoms with Crippen LogP contribution in [0.25, 0.3) is 10.4 Å². The summed E-state index contributed by atoms with van der Waals surface area (Å²) in [4.78, 5) is 15.5. The van der Waals surface area contributed by atoms with Crippen LogP contribution in [-0.2, 0) is 18.3 Å². The van der Waals surface area contributed by atoms with Gasteiger partial charge in [0.1, 0.15) is 5.78 Å². The molecule has 10 heteroatoms. The Morgan fingerprint density at radius 1 is 1.44 bits per heavy atom. The Labute approximate surface area is 104 Å². The van der Waals surface area contributed by atoms with Crippen LogP contribution in [-0.4, -0.2) is 50.7 Å². The number of nitrogens with zero attached hydrogens (tertiary/aromatic N) is 4. The van der Waals surface area contributed by atoms with Gasteiger partial charge in [-0.15, -0.1) is 0 Å². The van der Waals surface area contributed by atoms with Crippen molar-refractivity contribution in [2.24, 2.45) is 5.11 Å². The molecule has 0 aliphatic carbocycles. The van der Waals surface area contributed by atoms with Crippen molar-refractivity contribution in [2.45, 2.75) is 18.2 Å². The third-order valence-electron chi connectivity index (χ3n) is 2.75. The number of hydrogen-bond donors (Lipinski definition) is 0. The van der Waals surface area contributed by atoms with Gasteiger partial charge >= 0.3 is 13.7 Å². The maximum Gasteiger partial charge on any atom is 0.410 e. The minimum atomic E-state index is -3.47. The van der Waals surface area contributed by atoms with Crippen LogP contribution >= 0.6 is 7.60 Å². The predicted molar refractivity (Wildman–Crippen MR) is 62.1 cm³/mol. The highest BCUT2D eigenvalue weighted by Gasteiger charge is 2.47. The van der Waals surface area contributed by atoms with Crippen molar-refractivity contribution in [1.29, 1.82) is 0 Å². The fraction of sp³-hybridized carbons (Fsp3) is 0.875. The molecule has 0 spiro atoms. The molecule has 0 N–H and O–H groups in total. The van der Waals surface area contributed by atoms with E-state index in [1.54, 1.807) is 0 Å². The van der Waals surface area contributed by atoms with E-state index in [0.717, 1.165) is 0 Å². The fourth-order valence-electron chi connectivity index (χ4n) is 1.88. The lowest BCUT2D eigenvalue weighted by molar-refractivity contribution is 0.121. The SMILES string of the molecule is COC(=O)N1C[C@@H](N=[N+]=[N-])C[C@H]1P(=O)(OC)OC. The third-order valence-corrected chi connectivity index (χ3v) is 4.99. The molecule has 0 aromatic rings. The number of carbonyl (C=O) groups excluding carboxylic acids is 1. The van der Waals surface area contributed by atoms with Crippen LogP contribution in [0.5, 0.6) is 0 Å². The molecule has 0 aromatic carbocycles. The van der Waals surface area contributed by atoms with Crippen LogP contribution in [0.4, 0.5) is 4.79 Å². The van der Waals surface area contributed by atoms with Crippen molar-refractivity contribution in [3.05, 3.63) is 10.4 Å². The first-order chi connectivity index (χ1) is 8.52. The van der Waals surface area contributed by atoms with Gasteiger partial charge in [0.15, 0.2) is 0 Å². The number of azide groups is 1. The molecule has 18 heavy (non-hydrogen) atoms. The number of likely N-dealkylation sites (tertiary alicyclic amines) is 1. The summed E-state index contributed by atoms with van der Waals surface area (Å²) in [6.45, 7) is 0.123. The zero-order chi connectivity index (χ0) is 13.8. The predicted octanol–water partition coefficient (Wildman–Crippen LogP) is 1.95. The van der Waals surface area contributed by atoms with Gasteiger partial charge in [-0.25, -0.2) is 4.79 Å². The lowest BCUT2D eigenvalue weighted by Gasteiger charge is -2.27. The molecule has 0 aromatic heterocycles. The first-order valence-corrected chi connectivity index (χ1v) is 6.73. The third kappa shape index (κ3) is 2.76. The Hall–Kier alpha value is -1.27. The maximum atomic E-state index is 12.3. The number of hydrogen-bond acceptors (Lipinski definition) is 6. The van der Waals surface area contributed by atoms with Crippen molar-refractivity contribution >= 4 is 13.7 Å². The van der Waals surface area contributed by atoms with Crippen molar-refractivity contribution < 1.29 is 23.1 Å². The Bertz CT molecular complexity index is 402. The molecule has 1 heterocycles. The lowest BCUT2D eigenvalue weighted by atomic mass is 10.3. The van der Waals surface area contributed by atoms with E-state index in [1.165, 1.54) is 26.2 Å². The van der Waals surface area contributed by atoms with E-state index in [2.05, 4.69) is 14.8 Å². The summed E-state index contributed by atoms with van der Waals surface area (Å²) in [5, 5.41) is 3.52. The molecule has 9 nitrogen and oxygen atoms in total. The standard InChI is InChI=1S/C8H15N4O5P/c1-15-8(13)12-5-6(10-11-9)4-7(12)18(14,16-2)17-3/h6-7H,4-5H2,1-3H3/t6-,7+/m0/s1. The summed E-state index contributed by atoms with van der Waals surface area (Å²) < 4.78 is 26.6. The van der Waals surface area contributed by atoms with Crippen molar-refractivity contribution in [1.82, 2.24) is 4.90 Å². The molecule has 1 saturated heterocycles. The fourth-order valence-corrected chi connectivity index (χ4v) is 3.55. The Balaban J connectivity index is 3.02. The monoisotopic (exact) mass is 278 g/mol. The second-order valence-electron chi connectivity index (χ2n) is 3.60. The normalized spacial score (nSPS) is 23.6. The summed E-state index contributed by atoms with van der Waals surface area (Å²) >= 11 is 0. The first-order valence-electron chi connectivity index (χ1n) is 5.12. The highest BCUT2D eigenvalue weighted by molar-refractivity contribution is 7.54. The summed E-state index contributed by atoms with van der Waals surface area (Å²) in [5.74, 6) is -0.810. The summed E-state index contributed by atoms with van der Waals surface area (Å²) in [7, 11) is 0.215. The number of methoxy groups -OCH3 is 1. The average molecular weight is 278 g/mol. The quantitative estimate of drug-likeness (QED) is 0.337. The van der Waals surface area contributed by atoms with Gasteiger partial charge in [0.2, 0.25) is 0 Å². The molecule has 1 aliphatic heterocycles. The van der Waals surface area contributed by atoms with Gasteiger partial charge in [0, 0.05) is 25.7 Å². The minimum absolute atomic E-state index is 0.123. The van der Waals surface area contributed by atoms with Gasteiger partial charge in [-0.05, 0) is 12.0 Å². The Morgan fingerprint density at radius 3 is 2.50 bits per heavy atom. The lowest BCUT2D eigenvalue weighted by Crippen LogP contribution is -2.36. The molecular weight excluding hydrogens is 263 g/mol. The number of ether oxygens (including phenoxy) is 1. The topological polar surface area (TPSA) is 114 Å². The zero-order valence-corrected chi connectivity index (χ0v) is 11.2. The van der Waals surface area contributed by atoms with E-state index in [4.69, 9.17) is 14.6 Å². The molecule has 1 rings (SSSR count). The molecule has 102 valence electrons. The van der Waals surface area contributed by atoms with Gasteiger partial charge in [-0.3, -0.25) is 9.46 Å². The molecule has 0 radical (unpaired) electrons. The summed E-state index contributed by atoms with van der Waals surface area (Å²) in [6, 6.07) is -0.474. The molecular formula is C8H15N4O5P. The largest absolute Gasteiger partial charge is 0.453 e. The van der Waals surface area contributed by atoms with Gasteiger partial charge in [0.25, 0.3) is 0 Å². The molecule has 1 aliphatic rings. The molecule has 0 bridgehead atoms. The van der Waals surface area contributed by atoms with Gasteiger partial charge in [0.05, 0.1) is 13.2 Å². The number of carbonyl (C=O) groups is 1. The average Bonchev–Trinajstić information content (AvgIpc) is 2.82. The van der Waals surface area contributed by atoms with Crippen LogP contribution in [0.2, 0.25) is 0 Å². The van der Waals surface area contributed by atoms with E-state index in [1.807, 2.05) is 0 Å². The van der Waals surface area contributed by atoms with Gasteiger partial charge < -0.3 is 13.8 Å². The first kappa shape index (κ1) is 14.8. The van der Waals surface area contributed by atoms with Crippen LogP contribution in [0, 0.1) is 0 Å². The zero-order valence-electron chi connectivity index (χ0n) is 10.3. The Kier molecular flexibility index (Phi) is 4.98. The van der Waals surface area contributed by atoms with E-state index in [-0.39, 0.29) is 13.0 Å². The summed E-state index contributed by atoms with van der Waals surface area (Å²) in [6.07, 6.45) is -0.456. The number of rotatable bonds is 4. The summed E-state index contributed by atoms with van der Waals surface area (Å²) in [5.41, 5.74) is 8.40. The second-order valence-corrected chi connectivity index (χ2v) is 6.01.